The van der Waals surface area contributed by atoms with Crippen LogP contribution in [0.15, 0.2) is 54.6 Å². The van der Waals surface area contributed by atoms with Crippen LogP contribution in [0, 0.1) is 0 Å². The molecule has 0 aromatic heterocycles. The van der Waals surface area contributed by atoms with E-state index >= 15 is 0 Å². The van der Waals surface area contributed by atoms with Crippen LogP contribution in [0.3, 0.4) is 0 Å². The third kappa shape index (κ3) is 6.55. The summed E-state index contributed by atoms with van der Waals surface area (Å²) >= 11 is 0. The highest BCUT2D eigenvalue weighted by Gasteiger charge is 2.22. The lowest BCUT2D eigenvalue weighted by atomic mass is 10.1. The zero-order chi connectivity index (χ0) is 22.2. The summed E-state index contributed by atoms with van der Waals surface area (Å²) in [5.41, 5.74) is 2.05. The molecule has 2 saturated heterocycles. The van der Waals surface area contributed by atoms with Gasteiger partial charge < -0.3 is 24.0 Å². The predicted octanol–water partition coefficient (Wildman–Crippen LogP) is 3.26. The molecule has 32 heavy (non-hydrogen) atoms. The second kappa shape index (κ2) is 11.5. The molecule has 2 aliphatic heterocycles. The fourth-order valence-electron chi connectivity index (χ4n) is 4.30. The standard InChI is InChI=1S/C26H34N2O4/c1-27(19-25-20-30-17-18-31-25)26(29)22-7-9-23(10-8-22)32-24-12-15-28(16-13-24)14-11-21-5-3-2-4-6-21/h2-10,24-25H,11-20H2,1H3. The molecule has 2 aromatic rings. The third-order valence-electron chi connectivity index (χ3n) is 6.21. The topological polar surface area (TPSA) is 51.2 Å². The lowest BCUT2D eigenvalue weighted by Gasteiger charge is -2.32. The first-order valence-electron chi connectivity index (χ1n) is 11.7. The van der Waals surface area contributed by atoms with Gasteiger partial charge in [0.15, 0.2) is 0 Å². The number of likely N-dealkylation sites (N-methyl/N-ethyl adjacent to an activating group) is 1. The van der Waals surface area contributed by atoms with Crippen LogP contribution in [0.25, 0.3) is 0 Å². The van der Waals surface area contributed by atoms with Crippen LogP contribution >= 0.6 is 0 Å². The van der Waals surface area contributed by atoms with Crippen molar-refractivity contribution in [2.45, 2.75) is 31.5 Å². The van der Waals surface area contributed by atoms with Gasteiger partial charge >= 0.3 is 0 Å². The molecule has 0 aliphatic carbocycles. The molecule has 0 bridgehead atoms. The molecule has 0 saturated carbocycles. The van der Waals surface area contributed by atoms with Crippen LogP contribution in [0.4, 0.5) is 0 Å². The normalized spacial score (nSPS) is 20.1. The monoisotopic (exact) mass is 438 g/mol. The Labute approximate surface area is 191 Å². The van der Waals surface area contributed by atoms with Gasteiger partial charge in [0, 0.05) is 38.8 Å². The Hall–Kier alpha value is -2.41. The average molecular weight is 439 g/mol. The first-order valence-corrected chi connectivity index (χ1v) is 11.7. The minimum atomic E-state index is -0.0566. The zero-order valence-electron chi connectivity index (χ0n) is 18.9. The van der Waals surface area contributed by atoms with E-state index in [1.165, 1.54) is 5.56 Å². The van der Waals surface area contributed by atoms with Crippen LogP contribution in [-0.2, 0) is 15.9 Å². The summed E-state index contributed by atoms with van der Waals surface area (Å²) in [7, 11) is 1.80. The smallest absolute Gasteiger partial charge is 0.253 e. The quantitative estimate of drug-likeness (QED) is 0.633. The second-order valence-electron chi connectivity index (χ2n) is 8.67. The van der Waals surface area contributed by atoms with Crippen molar-refractivity contribution in [2.24, 2.45) is 0 Å². The van der Waals surface area contributed by atoms with Crippen molar-refractivity contribution in [1.29, 1.82) is 0 Å². The number of hydrogen-bond acceptors (Lipinski definition) is 5. The zero-order valence-corrected chi connectivity index (χ0v) is 18.9. The number of amides is 1. The maximum atomic E-state index is 12.7. The Morgan fingerprint density at radius 1 is 1.06 bits per heavy atom. The summed E-state index contributed by atoms with van der Waals surface area (Å²) in [5.74, 6) is 0.813. The van der Waals surface area contributed by atoms with Crippen LogP contribution in [0.5, 0.6) is 5.75 Å². The molecule has 6 heteroatoms. The molecule has 4 rings (SSSR count). The number of piperidine rings is 1. The van der Waals surface area contributed by atoms with Crippen molar-refractivity contribution in [3.63, 3.8) is 0 Å². The van der Waals surface area contributed by atoms with Gasteiger partial charge in [0.1, 0.15) is 11.9 Å². The van der Waals surface area contributed by atoms with E-state index in [4.69, 9.17) is 14.2 Å². The highest BCUT2D eigenvalue weighted by Crippen LogP contribution is 2.20. The van der Waals surface area contributed by atoms with Crippen molar-refractivity contribution in [3.05, 3.63) is 65.7 Å². The molecular formula is C26H34N2O4. The summed E-state index contributed by atoms with van der Waals surface area (Å²) in [4.78, 5) is 16.9. The van der Waals surface area contributed by atoms with E-state index in [1.54, 1.807) is 11.9 Å². The number of rotatable bonds is 8. The van der Waals surface area contributed by atoms with Gasteiger partial charge in [0.2, 0.25) is 0 Å². The number of carbonyl (C=O) groups is 1. The number of likely N-dealkylation sites (tertiary alicyclic amines) is 1. The second-order valence-corrected chi connectivity index (χ2v) is 8.67. The fraction of sp³-hybridized carbons (Fsp3) is 0.500. The molecule has 1 amide bonds. The largest absolute Gasteiger partial charge is 0.490 e. The van der Waals surface area contributed by atoms with Crippen molar-refractivity contribution in [2.75, 3.05) is 53.0 Å². The number of nitrogens with zero attached hydrogens (tertiary/aromatic N) is 2. The minimum Gasteiger partial charge on any atom is -0.490 e. The predicted molar refractivity (Wildman–Crippen MR) is 124 cm³/mol. The first-order chi connectivity index (χ1) is 15.7. The van der Waals surface area contributed by atoms with Gasteiger partial charge in [-0.1, -0.05) is 30.3 Å². The lowest BCUT2D eigenvalue weighted by Crippen LogP contribution is -2.40. The van der Waals surface area contributed by atoms with Gasteiger partial charge in [-0.25, -0.2) is 0 Å². The van der Waals surface area contributed by atoms with E-state index in [0.717, 1.165) is 44.6 Å². The highest BCUT2D eigenvalue weighted by atomic mass is 16.6. The van der Waals surface area contributed by atoms with Gasteiger partial charge in [-0.05, 0) is 49.1 Å². The van der Waals surface area contributed by atoms with Crippen LogP contribution in [0.1, 0.15) is 28.8 Å². The Balaban J connectivity index is 1.19. The van der Waals surface area contributed by atoms with Gasteiger partial charge in [-0.2, -0.15) is 0 Å². The van der Waals surface area contributed by atoms with Crippen LogP contribution < -0.4 is 4.74 Å². The molecular weight excluding hydrogens is 404 g/mol. The van der Waals surface area contributed by atoms with Crippen LogP contribution in [0.2, 0.25) is 0 Å². The Kier molecular flexibility index (Phi) is 8.15. The summed E-state index contributed by atoms with van der Waals surface area (Å²) in [6, 6.07) is 18.2. The summed E-state index contributed by atoms with van der Waals surface area (Å²) < 4.78 is 17.3. The van der Waals surface area contributed by atoms with E-state index in [0.29, 0.717) is 31.9 Å². The summed E-state index contributed by atoms with van der Waals surface area (Å²) in [6.07, 6.45) is 3.33. The molecule has 6 nitrogen and oxygen atoms in total. The van der Waals surface area contributed by atoms with Crippen molar-refractivity contribution >= 4 is 5.91 Å². The number of ether oxygens (including phenoxy) is 3. The van der Waals surface area contributed by atoms with Gasteiger partial charge in [0.25, 0.3) is 5.91 Å². The van der Waals surface area contributed by atoms with Crippen molar-refractivity contribution < 1.29 is 19.0 Å². The molecule has 2 aromatic carbocycles. The molecule has 0 N–H and O–H groups in total. The van der Waals surface area contributed by atoms with Crippen LogP contribution in [-0.4, -0.2) is 81.0 Å². The number of carbonyl (C=O) groups excluding carboxylic acids is 1. The van der Waals surface area contributed by atoms with Crippen molar-refractivity contribution in [1.82, 2.24) is 9.80 Å². The Morgan fingerprint density at radius 2 is 1.81 bits per heavy atom. The summed E-state index contributed by atoms with van der Waals surface area (Å²) in [5, 5.41) is 0. The first kappa shape index (κ1) is 22.8. The number of benzene rings is 2. The van der Waals surface area contributed by atoms with E-state index in [2.05, 4.69) is 35.2 Å². The van der Waals surface area contributed by atoms with Gasteiger partial charge in [-0.15, -0.1) is 0 Å². The molecule has 2 heterocycles. The van der Waals surface area contributed by atoms with E-state index < -0.39 is 0 Å². The Bertz CT molecular complexity index is 829. The molecule has 1 unspecified atom stereocenters. The summed E-state index contributed by atoms with van der Waals surface area (Å²) in [6.45, 7) is 5.50. The Morgan fingerprint density at radius 3 is 2.50 bits per heavy atom. The third-order valence-corrected chi connectivity index (χ3v) is 6.21. The minimum absolute atomic E-state index is 0.0163. The molecule has 172 valence electrons. The fourth-order valence-corrected chi connectivity index (χ4v) is 4.30. The van der Waals surface area contributed by atoms with E-state index in [9.17, 15) is 4.79 Å². The van der Waals surface area contributed by atoms with Crippen molar-refractivity contribution in [3.8, 4) is 5.75 Å². The van der Waals surface area contributed by atoms with E-state index in [-0.39, 0.29) is 18.1 Å². The molecule has 2 aliphatic rings. The van der Waals surface area contributed by atoms with Gasteiger partial charge in [0.05, 0.1) is 25.9 Å². The lowest BCUT2D eigenvalue weighted by molar-refractivity contribution is -0.0933. The maximum absolute atomic E-state index is 12.7. The average Bonchev–Trinajstić information content (AvgIpc) is 2.85. The molecule has 0 spiro atoms. The van der Waals surface area contributed by atoms with Gasteiger partial charge in [-0.3, -0.25) is 4.79 Å². The van der Waals surface area contributed by atoms with E-state index in [1.807, 2.05) is 24.3 Å². The maximum Gasteiger partial charge on any atom is 0.253 e. The highest BCUT2D eigenvalue weighted by molar-refractivity contribution is 5.94. The molecule has 2 fully saturated rings. The molecule has 1 atom stereocenters. The number of hydrogen-bond donors (Lipinski definition) is 0. The SMILES string of the molecule is CN(CC1COCCO1)C(=O)c1ccc(OC2CCN(CCc3ccccc3)CC2)cc1. The molecule has 0 radical (unpaired) electrons.